The maximum Gasteiger partial charge on any atom is 0.175 e. The Labute approximate surface area is 186 Å². The van der Waals surface area contributed by atoms with Crippen LogP contribution in [0.3, 0.4) is 0 Å². The number of rotatable bonds is 5. The van der Waals surface area contributed by atoms with E-state index in [2.05, 4.69) is 9.98 Å². The zero-order valence-electron chi connectivity index (χ0n) is 17.7. The van der Waals surface area contributed by atoms with E-state index >= 15 is 0 Å². The van der Waals surface area contributed by atoms with Crippen LogP contribution in [0.2, 0.25) is 0 Å². The number of halogens is 1. The number of ether oxygens (including phenoxy) is 1. The van der Waals surface area contributed by atoms with Crippen LogP contribution in [0, 0.1) is 17.7 Å². The first-order chi connectivity index (χ1) is 15.4. The first-order valence-electron chi connectivity index (χ1n) is 10.4. The number of hydrogen-bond acceptors (Lipinski definition) is 6. The van der Waals surface area contributed by atoms with Gasteiger partial charge >= 0.3 is 0 Å². The molecule has 0 radical (unpaired) electrons. The second-order valence-electron chi connectivity index (χ2n) is 8.28. The van der Waals surface area contributed by atoms with Gasteiger partial charge in [0.15, 0.2) is 9.84 Å². The number of allylic oxidation sites excluding steroid dienone is 1. The normalized spacial score (nSPS) is 20.2. The lowest BCUT2D eigenvalue weighted by Crippen LogP contribution is -2.32. The number of methoxy groups -OCH3 is 1. The van der Waals surface area contributed by atoms with Crippen LogP contribution in [0.25, 0.3) is 16.8 Å². The molecule has 6 nitrogen and oxygen atoms in total. The summed E-state index contributed by atoms with van der Waals surface area (Å²) in [6, 6.07) is 9.17. The molecule has 3 aliphatic rings. The minimum atomic E-state index is -3.42. The van der Waals surface area contributed by atoms with Gasteiger partial charge in [0.05, 0.1) is 23.4 Å². The van der Waals surface area contributed by atoms with Gasteiger partial charge in [0.25, 0.3) is 0 Å². The summed E-state index contributed by atoms with van der Waals surface area (Å²) in [6.45, 7) is 0. The summed E-state index contributed by atoms with van der Waals surface area (Å²) in [7, 11) is -1.99. The van der Waals surface area contributed by atoms with Crippen molar-refractivity contribution in [2.24, 2.45) is 26.8 Å². The second kappa shape index (κ2) is 7.78. The molecule has 8 heteroatoms. The van der Waals surface area contributed by atoms with Crippen molar-refractivity contribution >= 4 is 33.8 Å². The van der Waals surface area contributed by atoms with Gasteiger partial charge in [0, 0.05) is 35.1 Å². The van der Waals surface area contributed by atoms with Crippen LogP contribution in [-0.4, -0.2) is 40.0 Å². The molecule has 1 fully saturated rings. The molecule has 1 aliphatic carbocycles. The zero-order valence-corrected chi connectivity index (χ0v) is 18.6. The van der Waals surface area contributed by atoms with Crippen molar-refractivity contribution in [3.8, 4) is 16.9 Å². The van der Waals surface area contributed by atoms with Crippen molar-refractivity contribution in [2.75, 3.05) is 13.4 Å². The number of benzene rings is 2. The molecule has 1 saturated carbocycles. The fraction of sp³-hybridized carbons (Fsp3) is 0.292. The van der Waals surface area contributed by atoms with Crippen molar-refractivity contribution in [3.05, 3.63) is 53.5 Å². The molecule has 5 rings (SSSR count). The van der Waals surface area contributed by atoms with Crippen molar-refractivity contribution < 1.29 is 17.5 Å². The molecule has 0 aromatic heterocycles. The maximum atomic E-state index is 14.9. The largest absolute Gasteiger partial charge is 0.496 e. The molecule has 164 valence electrons. The van der Waals surface area contributed by atoms with E-state index in [0.29, 0.717) is 28.3 Å². The van der Waals surface area contributed by atoms with Crippen LogP contribution in [0.15, 0.2) is 62.0 Å². The number of hydrogen-bond donors (Lipinski definition) is 0. The van der Waals surface area contributed by atoms with Gasteiger partial charge in [-0.3, -0.25) is 4.99 Å². The Hall–Kier alpha value is -3.13. The van der Waals surface area contributed by atoms with Gasteiger partial charge in [-0.2, -0.15) is 0 Å². The van der Waals surface area contributed by atoms with Gasteiger partial charge < -0.3 is 4.74 Å². The molecule has 1 atom stereocenters. The van der Waals surface area contributed by atoms with Crippen molar-refractivity contribution in [3.63, 3.8) is 0 Å². The molecule has 2 aromatic carbocycles. The van der Waals surface area contributed by atoms with Gasteiger partial charge in [0.2, 0.25) is 0 Å². The van der Waals surface area contributed by atoms with Crippen LogP contribution in [0.1, 0.15) is 24.8 Å². The van der Waals surface area contributed by atoms with Gasteiger partial charge in [-0.1, -0.05) is 6.42 Å². The second-order valence-corrected chi connectivity index (χ2v) is 10.3. The predicted octanol–water partition coefficient (Wildman–Crippen LogP) is 4.56. The Bertz CT molecular complexity index is 1340. The summed E-state index contributed by atoms with van der Waals surface area (Å²) in [5, 5.41) is 0. The highest BCUT2D eigenvalue weighted by Crippen LogP contribution is 2.41. The summed E-state index contributed by atoms with van der Waals surface area (Å²) in [5.74, 6) is 0.561. The SMILES string of the molecule is COc1cc(S(C)(=O)=O)ccc1-c1cc(C2=C3N=CN=C3C(C3CCC3)C=N2)ccc1F. The van der Waals surface area contributed by atoms with E-state index in [9.17, 15) is 12.8 Å². The molecule has 0 bridgehead atoms. The predicted molar refractivity (Wildman–Crippen MR) is 124 cm³/mol. The summed E-state index contributed by atoms with van der Waals surface area (Å²) >= 11 is 0. The smallest absolute Gasteiger partial charge is 0.175 e. The number of sulfone groups is 1. The Balaban J connectivity index is 1.58. The van der Waals surface area contributed by atoms with E-state index in [-0.39, 0.29) is 16.6 Å². The fourth-order valence-electron chi connectivity index (χ4n) is 4.35. The lowest BCUT2D eigenvalue weighted by atomic mass is 9.73. The van der Waals surface area contributed by atoms with Crippen LogP contribution >= 0.6 is 0 Å². The minimum Gasteiger partial charge on any atom is -0.496 e. The molecule has 0 spiro atoms. The van der Waals surface area contributed by atoms with Gasteiger partial charge in [-0.15, -0.1) is 0 Å². The maximum absolute atomic E-state index is 14.9. The van der Waals surface area contributed by atoms with E-state index in [1.165, 1.54) is 44.6 Å². The Morgan fingerprint density at radius 2 is 1.84 bits per heavy atom. The molecular formula is C24H22FN3O3S. The summed E-state index contributed by atoms with van der Waals surface area (Å²) in [5.41, 5.74) is 3.79. The quantitative estimate of drug-likeness (QED) is 0.669. The van der Waals surface area contributed by atoms with Gasteiger partial charge in [0.1, 0.15) is 23.6 Å². The molecule has 2 aliphatic heterocycles. The minimum absolute atomic E-state index is 0.111. The van der Waals surface area contributed by atoms with Crippen LogP contribution in [0.4, 0.5) is 4.39 Å². The molecule has 0 saturated heterocycles. The zero-order chi connectivity index (χ0) is 22.5. The van der Waals surface area contributed by atoms with E-state index in [1.807, 2.05) is 6.21 Å². The average molecular weight is 452 g/mol. The first kappa shape index (κ1) is 20.8. The highest BCUT2D eigenvalue weighted by atomic mass is 32.2. The molecule has 32 heavy (non-hydrogen) atoms. The highest BCUT2D eigenvalue weighted by Gasteiger charge is 2.36. The van der Waals surface area contributed by atoms with E-state index < -0.39 is 15.7 Å². The molecule has 0 N–H and O–H groups in total. The third kappa shape index (κ3) is 3.48. The summed E-state index contributed by atoms with van der Waals surface area (Å²) in [4.78, 5) is 13.8. The Morgan fingerprint density at radius 3 is 2.53 bits per heavy atom. The van der Waals surface area contributed by atoms with Gasteiger partial charge in [-0.05, 0) is 55.2 Å². The number of fused-ring (bicyclic) bond motifs is 1. The lowest BCUT2D eigenvalue weighted by molar-refractivity contribution is 0.297. The molecule has 2 heterocycles. The van der Waals surface area contributed by atoms with Crippen molar-refractivity contribution in [1.29, 1.82) is 0 Å². The standard InChI is InChI=1S/C24H22FN3O3S/c1-31-21-11-16(32(2,29)30)7-8-17(21)18-10-15(6-9-20(18)25)22-24-23(27-13-28-24)19(12-26-22)14-4-3-5-14/h6-14,19H,3-5H2,1-2H3. The highest BCUT2D eigenvalue weighted by molar-refractivity contribution is 7.90. The van der Waals surface area contributed by atoms with Crippen LogP contribution < -0.4 is 4.74 Å². The summed E-state index contributed by atoms with van der Waals surface area (Å²) in [6.07, 6.45) is 8.19. The molecule has 2 aromatic rings. The van der Waals surface area contributed by atoms with Crippen molar-refractivity contribution in [1.82, 2.24) is 0 Å². The number of nitrogens with zero attached hydrogens (tertiary/aromatic N) is 3. The van der Waals surface area contributed by atoms with E-state index in [4.69, 9.17) is 9.73 Å². The fourth-order valence-corrected chi connectivity index (χ4v) is 4.98. The Morgan fingerprint density at radius 1 is 1.03 bits per heavy atom. The average Bonchev–Trinajstić information content (AvgIpc) is 3.22. The Kier molecular flexibility index (Phi) is 5.04. The molecule has 1 unspecified atom stereocenters. The number of aliphatic imine (C=N–C) groups is 3. The molecular weight excluding hydrogens is 429 g/mol. The third-order valence-electron chi connectivity index (χ3n) is 6.32. The van der Waals surface area contributed by atoms with Crippen molar-refractivity contribution in [2.45, 2.75) is 24.2 Å². The first-order valence-corrected chi connectivity index (χ1v) is 12.3. The topological polar surface area (TPSA) is 80.5 Å². The van der Waals surface area contributed by atoms with Crippen LogP contribution in [0.5, 0.6) is 5.75 Å². The third-order valence-corrected chi connectivity index (χ3v) is 7.43. The van der Waals surface area contributed by atoms with Gasteiger partial charge in [-0.25, -0.2) is 22.8 Å². The van der Waals surface area contributed by atoms with E-state index in [0.717, 1.165) is 17.7 Å². The lowest BCUT2D eigenvalue weighted by Gasteiger charge is -2.33. The van der Waals surface area contributed by atoms with Crippen LogP contribution in [-0.2, 0) is 9.84 Å². The molecule has 0 amide bonds. The summed E-state index contributed by atoms with van der Waals surface area (Å²) < 4.78 is 44.1. The van der Waals surface area contributed by atoms with E-state index in [1.54, 1.807) is 24.5 Å². The monoisotopic (exact) mass is 451 g/mol.